The number of benzene rings is 3. The second kappa shape index (κ2) is 8.93. The molecule has 0 aliphatic heterocycles. The molecule has 1 aromatic heterocycles. The first-order valence-electron chi connectivity index (χ1n) is 9.00. The molecule has 0 atom stereocenters. The minimum atomic E-state index is -0.379. The SMILES string of the molecule is O=C(Nc1ccc(CNc2nc(Cl)nc3cc(I)ccc23)cc1)c1ccc(F)cc1. The van der Waals surface area contributed by atoms with Gasteiger partial charge in [-0.05, 0) is 94.4 Å². The number of nitrogens with one attached hydrogen (secondary N) is 2. The van der Waals surface area contributed by atoms with E-state index in [0.717, 1.165) is 20.0 Å². The largest absolute Gasteiger partial charge is 0.365 e. The Morgan fingerprint density at radius 3 is 2.47 bits per heavy atom. The van der Waals surface area contributed by atoms with Crippen molar-refractivity contribution in [2.75, 3.05) is 10.6 Å². The highest BCUT2D eigenvalue weighted by Gasteiger charge is 2.08. The summed E-state index contributed by atoms with van der Waals surface area (Å²) in [5, 5.41) is 7.17. The van der Waals surface area contributed by atoms with E-state index in [2.05, 4.69) is 43.2 Å². The van der Waals surface area contributed by atoms with Gasteiger partial charge in [-0.25, -0.2) is 14.4 Å². The predicted octanol–water partition coefficient (Wildman–Crippen LogP) is 5.89. The summed E-state index contributed by atoms with van der Waals surface area (Å²) in [7, 11) is 0. The second-order valence-electron chi connectivity index (χ2n) is 6.51. The van der Waals surface area contributed by atoms with Crippen molar-refractivity contribution < 1.29 is 9.18 Å². The van der Waals surface area contributed by atoms with Gasteiger partial charge >= 0.3 is 0 Å². The van der Waals surface area contributed by atoms with Crippen LogP contribution in [0, 0.1) is 9.39 Å². The molecule has 150 valence electrons. The summed E-state index contributed by atoms with van der Waals surface area (Å²) in [6, 6.07) is 18.7. The molecule has 0 bridgehead atoms. The monoisotopic (exact) mass is 532 g/mol. The third kappa shape index (κ3) is 4.85. The van der Waals surface area contributed by atoms with E-state index in [1.165, 1.54) is 24.3 Å². The summed E-state index contributed by atoms with van der Waals surface area (Å²) in [4.78, 5) is 20.8. The normalized spacial score (nSPS) is 10.8. The molecule has 0 saturated carbocycles. The molecule has 0 saturated heterocycles. The number of hydrogen-bond acceptors (Lipinski definition) is 4. The van der Waals surface area contributed by atoms with E-state index >= 15 is 0 Å². The fourth-order valence-corrected chi connectivity index (χ4v) is 3.56. The van der Waals surface area contributed by atoms with Crippen molar-refractivity contribution in [3.05, 3.63) is 92.5 Å². The zero-order chi connectivity index (χ0) is 21.1. The van der Waals surface area contributed by atoms with Crippen LogP contribution in [-0.4, -0.2) is 15.9 Å². The molecular formula is C22H15ClFIN4O. The number of rotatable bonds is 5. The lowest BCUT2D eigenvalue weighted by atomic mass is 10.1. The Morgan fingerprint density at radius 2 is 1.73 bits per heavy atom. The molecule has 0 spiro atoms. The van der Waals surface area contributed by atoms with Gasteiger partial charge in [-0.1, -0.05) is 12.1 Å². The fraction of sp³-hybridized carbons (Fsp3) is 0.0455. The van der Waals surface area contributed by atoms with Crippen molar-refractivity contribution >= 4 is 62.5 Å². The zero-order valence-corrected chi connectivity index (χ0v) is 18.4. The number of fused-ring (bicyclic) bond motifs is 1. The van der Waals surface area contributed by atoms with Crippen LogP contribution in [0.1, 0.15) is 15.9 Å². The zero-order valence-electron chi connectivity index (χ0n) is 15.5. The lowest BCUT2D eigenvalue weighted by molar-refractivity contribution is 0.102. The third-order valence-corrected chi connectivity index (χ3v) is 5.25. The molecule has 0 fully saturated rings. The number of nitrogens with zero attached hydrogens (tertiary/aromatic N) is 2. The third-order valence-electron chi connectivity index (χ3n) is 4.41. The van der Waals surface area contributed by atoms with Crippen LogP contribution in [0.4, 0.5) is 15.9 Å². The quantitative estimate of drug-likeness (QED) is 0.248. The van der Waals surface area contributed by atoms with Gasteiger partial charge in [0.2, 0.25) is 5.28 Å². The van der Waals surface area contributed by atoms with E-state index in [4.69, 9.17) is 11.6 Å². The Bertz CT molecular complexity index is 1210. The summed E-state index contributed by atoms with van der Waals surface area (Å²) in [5.41, 5.74) is 2.83. The maximum atomic E-state index is 13.0. The number of carbonyl (C=O) groups is 1. The Morgan fingerprint density at radius 1 is 1.00 bits per heavy atom. The summed E-state index contributed by atoms with van der Waals surface area (Å²) < 4.78 is 14.1. The number of anilines is 2. The molecule has 0 radical (unpaired) electrons. The number of carbonyl (C=O) groups excluding carboxylic acids is 1. The minimum Gasteiger partial charge on any atom is -0.365 e. The van der Waals surface area contributed by atoms with Crippen LogP contribution in [0.15, 0.2) is 66.7 Å². The average Bonchev–Trinajstić information content (AvgIpc) is 2.73. The van der Waals surface area contributed by atoms with E-state index in [1.807, 2.05) is 42.5 Å². The van der Waals surface area contributed by atoms with Crippen LogP contribution in [-0.2, 0) is 6.54 Å². The van der Waals surface area contributed by atoms with Crippen LogP contribution < -0.4 is 10.6 Å². The lowest BCUT2D eigenvalue weighted by Crippen LogP contribution is -2.11. The smallest absolute Gasteiger partial charge is 0.255 e. The maximum Gasteiger partial charge on any atom is 0.255 e. The first kappa shape index (κ1) is 20.5. The van der Waals surface area contributed by atoms with E-state index < -0.39 is 0 Å². The van der Waals surface area contributed by atoms with Gasteiger partial charge in [0.1, 0.15) is 11.6 Å². The highest BCUT2D eigenvalue weighted by Crippen LogP contribution is 2.24. The molecule has 4 rings (SSSR count). The molecule has 0 unspecified atom stereocenters. The molecule has 1 heterocycles. The molecule has 4 aromatic rings. The summed E-state index contributed by atoms with van der Waals surface area (Å²) in [6.07, 6.45) is 0. The second-order valence-corrected chi connectivity index (χ2v) is 8.10. The molecule has 0 aliphatic carbocycles. The Balaban J connectivity index is 1.43. The van der Waals surface area contributed by atoms with Crippen molar-refractivity contribution in [1.29, 1.82) is 0 Å². The fourth-order valence-electron chi connectivity index (χ4n) is 2.91. The molecule has 0 aliphatic rings. The van der Waals surface area contributed by atoms with E-state index in [1.54, 1.807) is 0 Å². The van der Waals surface area contributed by atoms with Gasteiger partial charge in [-0.3, -0.25) is 4.79 Å². The Labute approximate surface area is 190 Å². The molecule has 8 heteroatoms. The Kier molecular flexibility index (Phi) is 6.10. The highest BCUT2D eigenvalue weighted by molar-refractivity contribution is 14.1. The molecule has 30 heavy (non-hydrogen) atoms. The summed E-state index contributed by atoms with van der Waals surface area (Å²) >= 11 is 8.29. The van der Waals surface area contributed by atoms with Gasteiger partial charge in [-0.15, -0.1) is 0 Å². The van der Waals surface area contributed by atoms with Gasteiger partial charge in [-0.2, -0.15) is 0 Å². The Hall–Kier alpha value is -2.78. The van der Waals surface area contributed by atoms with Crippen molar-refractivity contribution in [3.8, 4) is 0 Å². The van der Waals surface area contributed by atoms with Crippen molar-refractivity contribution in [2.24, 2.45) is 0 Å². The molecular weight excluding hydrogens is 518 g/mol. The summed E-state index contributed by atoms with van der Waals surface area (Å²) in [5.74, 6) is -0.0106. The number of hydrogen-bond donors (Lipinski definition) is 2. The lowest BCUT2D eigenvalue weighted by Gasteiger charge is -2.10. The molecule has 3 aromatic carbocycles. The number of halogens is 3. The molecule has 5 nitrogen and oxygen atoms in total. The highest BCUT2D eigenvalue weighted by atomic mass is 127. The van der Waals surface area contributed by atoms with Gasteiger partial charge in [0.05, 0.1) is 5.52 Å². The van der Waals surface area contributed by atoms with E-state index in [9.17, 15) is 9.18 Å². The predicted molar refractivity (Wildman–Crippen MR) is 125 cm³/mol. The van der Waals surface area contributed by atoms with Gasteiger partial charge in [0.25, 0.3) is 5.91 Å². The van der Waals surface area contributed by atoms with Crippen LogP contribution in [0.25, 0.3) is 10.9 Å². The average molecular weight is 533 g/mol. The summed E-state index contributed by atoms with van der Waals surface area (Å²) in [6.45, 7) is 0.528. The molecule has 1 amide bonds. The van der Waals surface area contributed by atoms with Crippen molar-refractivity contribution in [2.45, 2.75) is 6.54 Å². The van der Waals surface area contributed by atoms with Gasteiger partial charge in [0.15, 0.2) is 0 Å². The van der Waals surface area contributed by atoms with Crippen LogP contribution >= 0.6 is 34.2 Å². The topological polar surface area (TPSA) is 66.9 Å². The first-order chi connectivity index (χ1) is 14.5. The van der Waals surface area contributed by atoms with Crippen molar-refractivity contribution in [3.63, 3.8) is 0 Å². The van der Waals surface area contributed by atoms with Crippen LogP contribution in [0.3, 0.4) is 0 Å². The minimum absolute atomic E-state index is 0.186. The van der Waals surface area contributed by atoms with Gasteiger partial charge in [0, 0.05) is 26.8 Å². The van der Waals surface area contributed by atoms with E-state index in [0.29, 0.717) is 23.6 Å². The maximum absolute atomic E-state index is 13.0. The molecule has 2 N–H and O–H groups in total. The number of amides is 1. The van der Waals surface area contributed by atoms with Crippen LogP contribution in [0.2, 0.25) is 5.28 Å². The number of aromatic nitrogens is 2. The van der Waals surface area contributed by atoms with Crippen LogP contribution in [0.5, 0.6) is 0 Å². The van der Waals surface area contributed by atoms with E-state index in [-0.39, 0.29) is 17.0 Å². The van der Waals surface area contributed by atoms with Gasteiger partial charge < -0.3 is 10.6 Å². The first-order valence-corrected chi connectivity index (χ1v) is 10.5. The van der Waals surface area contributed by atoms with Crippen molar-refractivity contribution in [1.82, 2.24) is 9.97 Å². The standard InChI is InChI=1S/C22H15ClFIN4O/c23-22-28-19-11-16(25)7-10-18(19)20(29-22)26-12-13-1-8-17(9-2-13)27-21(30)14-3-5-15(24)6-4-14/h1-11H,12H2,(H,27,30)(H,26,28,29).